The van der Waals surface area contributed by atoms with Crippen LogP contribution in [0.15, 0.2) is 78.4 Å². The SMILES string of the molecule is COC(=O)c1sc(N2C(=O)C(=O)/C(=C(/O)c3ccc(OCc4cccc(C)c4)cc3)C2c2ccc(N(C)C)cc2)nc1C. The van der Waals surface area contributed by atoms with Gasteiger partial charge in [-0.1, -0.05) is 53.3 Å². The largest absolute Gasteiger partial charge is 0.507 e. The summed E-state index contributed by atoms with van der Waals surface area (Å²) in [4.78, 5) is 47.2. The van der Waals surface area contributed by atoms with Gasteiger partial charge < -0.3 is 19.5 Å². The minimum absolute atomic E-state index is 0.0801. The number of carbonyl (C=O) groups is 3. The standard InChI is InChI=1S/C33H31N3O6S/c1-19-7-6-8-21(17-19)18-42-25-15-11-23(12-16-25)28(37)26-27(22-9-13-24(14-10-22)35(3)4)36(31(39)29(26)38)33-34-20(2)30(43-33)32(40)41-5/h6-17,27,37H,18H2,1-5H3/b28-26+. The molecular weight excluding hydrogens is 566 g/mol. The smallest absolute Gasteiger partial charge is 0.350 e. The molecule has 220 valence electrons. The summed E-state index contributed by atoms with van der Waals surface area (Å²) >= 11 is 0.956. The van der Waals surface area contributed by atoms with Crippen molar-refractivity contribution in [1.29, 1.82) is 0 Å². The number of aryl methyl sites for hydroxylation is 2. The first kappa shape index (κ1) is 29.5. The quantitative estimate of drug-likeness (QED) is 0.117. The van der Waals surface area contributed by atoms with Crippen LogP contribution in [0.1, 0.15) is 43.7 Å². The Hall–Kier alpha value is -4.96. The summed E-state index contributed by atoms with van der Waals surface area (Å²) < 4.78 is 10.8. The summed E-state index contributed by atoms with van der Waals surface area (Å²) in [6.07, 6.45) is 0. The van der Waals surface area contributed by atoms with Crippen molar-refractivity contribution in [2.75, 3.05) is 31.0 Å². The molecule has 4 aromatic rings. The maximum Gasteiger partial charge on any atom is 0.350 e. The highest BCUT2D eigenvalue weighted by atomic mass is 32.1. The molecule has 1 unspecified atom stereocenters. The van der Waals surface area contributed by atoms with Gasteiger partial charge in [0, 0.05) is 25.3 Å². The van der Waals surface area contributed by atoms with Gasteiger partial charge >= 0.3 is 11.9 Å². The lowest BCUT2D eigenvalue weighted by molar-refractivity contribution is -0.132. The van der Waals surface area contributed by atoms with Crippen molar-refractivity contribution < 1.29 is 29.0 Å². The fraction of sp³-hybridized carbons (Fsp3) is 0.212. The van der Waals surface area contributed by atoms with Crippen LogP contribution < -0.4 is 14.5 Å². The van der Waals surface area contributed by atoms with E-state index >= 15 is 0 Å². The average Bonchev–Trinajstić information content (AvgIpc) is 3.51. The van der Waals surface area contributed by atoms with Crippen LogP contribution in [0.2, 0.25) is 0 Å². The predicted octanol–water partition coefficient (Wildman–Crippen LogP) is 5.82. The van der Waals surface area contributed by atoms with E-state index in [0.717, 1.165) is 28.2 Å². The number of esters is 1. The lowest BCUT2D eigenvalue weighted by Gasteiger charge is -2.23. The number of anilines is 2. The second-order valence-electron chi connectivity index (χ2n) is 10.4. The molecule has 9 nitrogen and oxygen atoms in total. The number of aliphatic hydroxyl groups excluding tert-OH is 1. The van der Waals surface area contributed by atoms with Crippen LogP contribution >= 0.6 is 11.3 Å². The second kappa shape index (κ2) is 12.1. The van der Waals surface area contributed by atoms with Gasteiger partial charge in [0.2, 0.25) is 0 Å². The molecule has 1 N–H and O–H groups in total. The highest BCUT2D eigenvalue weighted by molar-refractivity contribution is 7.17. The lowest BCUT2D eigenvalue weighted by Crippen LogP contribution is -2.29. The van der Waals surface area contributed by atoms with Crippen molar-refractivity contribution in [3.05, 3.63) is 111 Å². The summed E-state index contributed by atoms with van der Waals surface area (Å²) in [5.41, 5.74) is 4.32. The number of rotatable bonds is 8. The van der Waals surface area contributed by atoms with Gasteiger partial charge in [-0.2, -0.15) is 0 Å². The van der Waals surface area contributed by atoms with Crippen LogP contribution in [0.5, 0.6) is 5.75 Å². The number of carbonyl (C=O) groups excluding carboxylic acids is 3. The Morgan fingerprint density at radius 3 is 2.35 bits per heavy atom. The molecule has 43 heavy (non-hydrogen) atoms. The molecule has 1 amide bonds. The van der Waals surface area contributed by atoms with Crippen LogP contribution in [0.4, 0.5) is 10.8 Å². The molecule has 2 heterocycles. The average molecular weight is 598 g/mol. The van der Waals surface area contributed by atoms with Gasteiger partial charge in [0.15, 0.2) is 5.13 Å². The van der Waals surface area contributed by atoms with Gasteiger partial charge in [-0.05, 0) is 61.4 Å². The number of amides is 1. The van der Waals surface area contributed by atoms with Gasteiger partial charge in [0.05, 0.1) is 24.4 Å². The zero-order valence-corrected chi connectivity index (χ0v) is 25.3. The second-order valence-corrected chi connectivity index (χ2v) is 11.3. The normalized spacial score (nSPS) is 15.9. The first-order chi connectivity index (χ1) is 20.6. The van der Waals surface area contributed by atoms with Crippen LogP contribution in [0.3, 0.4) is 0 Å². The van der Waals surface area contributed by atoms with E-state index in [1.807, 2.05) is 62.3 Å². The van der Waals surface area contributed by atoms with Crippen LogP contribution in [-0.4, -0.2) is 49.0 Å². The number of aromatic nitrogens is 1. The van der Waals surface area contributed by atoms with E-state index in [0.29, 0.717) is 29.2 Å². The number of Topliss-reactive ketones (excluding diaryl/α,β-unsaturated/α-hetero) is 1. The topological polar surface area (TPSA) is 109 Å². The Morgan fingerprint density at radius 1 is 1.02 bits per heavy atom. The van der Waals surface area contributed by atoms with Gasteiger partial charge in [-0.3, -0.25) is 14.5 Å². The molecule has 1 aliphatic heterocycles. The number of hydrogen-bond acceptors (Lipinski definition) is 9. The van der Waals surface area contributed by atoms with Crippen LogP contribution in [-0.2, 0) is 20.9 Å². The van der Waals surface area contributed by atoms with E-state index in [-0.39, 0.29) is 21.3 Å². The molecule has 3 aromatic carbocycles. The van der Waals surface area contributed by atoms with Crippen LogP contribution in [0.25, 0.3) is 5.76 Å². The third-order valence-electron chi connectivity index (χ3n) is 7.15. The van der Waals surface area contributed by atoms with Gasteiger partial charge in [0.25, 0.3) is 5.78 Å². The number of nitrogens with zero attached hydrogens (tertiary/aromatic N) is 3. The summed E-state index contributed by atoms with van der Waals surface area (Å²) in [5.74, 6) is -2.04. The maximum atomic E-state index is 13.5. The van der Waals surface area contributed by atoms with E-state index in [1.165, 1.54) is 12.0 Å². The van der Waals surface area contributed by atoms with Crippen molar-refractivity contribution in [2.45, 2.75) is 26.5 Å². The first-order valence-electron chi connectivity index (χ1n) is 13.5. The van der Waals surface area contributed by atoms with Crippen molar-refractivity contribution in [3.8, 4) is 5.75 Å². The zero-order chi connectivity index (χ0) is 30.8. The van der Waals surface area contributed by atoms with Gasteiger partial charge in [-0.15, -0.1) is 0 Å². The molecule has 5 rings (SSSR count). The van der Waals surface area contributed by atoms with Crippen molar-refractivity contribution in [1.82, 2.24) is 4.98 Å². The summed E-state index contributed by atoms with van der Waals surface area (Å²) in [7, 11) is 5.07. The monoisotopic (exact) mass is 597 g/mol. The molecule has 1 saturated heterocycles. The molecule has 1 aromatic heterocycles. The van der Waals surface area contributed by atoms with Gasteiger partial charge in [-0.25, -0.2) is 9.78 Å². The lowest BCUT2D eigenvalue weighted by atomic mass is 9.95. The van der Waals surface area contributed by atoms with Crippen molar-refractivity contribution >= 4 is 45.6 Å². The Morgan fingerprint density at radius 2 is 1.72 bits per heavy atom. The predicted molar refractivity (Wildman–Crippen MR) is 166 cm³/mol. The molecule has 0 radical (unpaired) electrons. The third kappa shape index (κ3) is 5.87. The van der Waals surface area contributed by atoms with Crippen LogP contribution in [0, 0.1) is 13.8 Å². The molecule has 0 aliphatic carbocycles. The first-order valence-corrected chi connectivity index (χ1v) is 14.3. The van der Waals surface area contributed by atoms with Crippen molar-refractivity contribution in [3.63, 3.8) is 0 Å². The molecule has 0 saturated carbocycles. The molecule has 10 heteroatoms. The Kier molecular flexibility index (Phi) is 8.31. The molecule has 1 aliphatic rings. The van der Waals surface area contributed by atoms with E-state index in [1.54, 1.807) is 43.3 Å². The fourth-order valence-corrected chi connectivity index (χ4v) is 5.91. The number of ketones is 1. The molecule has 1 atom stereocenters. The van der Waals surface area contributed by atoms with E-state index in [4.69, 9.17) is 9.47 Å². The number of hydrogen-bond donors (Lipinski definition) is 1. The number of ether oxygens (including phenoxy) is 2. The third-order valence-corrected chi connectivity index (χ3v) is 8.28. The highest BCUT2D eigenvalue weighted by Gasteiger charge is 2.48. The Balaban J connectivity index is 1.54. The minimum atomic E-state index is -0.982. The fourth-order valence-electron chi connectivity index (χ4n) is 4.90. The van der Waals surface area contributed by atoms with Gasteiger partial charge in [0.1, 0.15) is 23.0 Å². The minimum Gasteiger partial charge on any atom is -0.507 e. The zero-order valence-electron chi connectivity index (χ0n) is 24.5. The number of aliphatic hydroxyl groups is 1. The Labute approximate surface area is 253 Å². The summed E-state index contributed by atoms with van der Waals surface area (Å²) in [6, 6.07) is 21.1. The number of methoxy groups -OCH3 is 1. The van der Waals surface area contributed by atoms with E-state index < -0.39 is 23.7 Å². The number of benzene rings is 3. The number of thiazole rings is 1. The Bertz CT molecular complexity index is 1720. The summed E-state index contributed by atoms with van der Waals surface area (Å²) in [5, 5.41) is 11.7. The molecule has 1 fully saturated rings. The highest BCUT2D eigenvalue weighted by Crippen LogP contribution is 2.44. The van der Waals surface area contributed by atoms with E-state index in [2.05, 4.69) is 4.98 Å². The molecule has 0 bridgehead atoms. The molecular formula is C33H31N3O6S. The van der Waals surface area contributed by atoms with Crippen molar-refractivity contribution in [2.24, 2.45) is 0 Å². The van der Waals surface area contributed by atoms with E-state index in [9.17, 15) is 19.5 Å². The summed E-state index contributed by atoms with van der Waals surface area (Å²) in [6.45, 7) is 4.02. The maximum absolute atomic E-state index is 13.5. The molecule has 0 spiro atoms.